The molecule has 1 amide bonds. The Labute approximate surface area is 117 Å². The molecule has 6 nitrogen and oxygen atoms in total. The Morgan fingerprint density at radius 1 is 1.60 bits per heavy atom. The van der Waals surface area contributed by atoms with Crippen molar-refractivity contribution >= 4 is 17.1 Å². The number of ether oxygens (including phenoxy) is 1. The van der Waals surface area contributed by atoms with Crippen LogP contribution in [0.2, 0.25) is 0 Å². The minimum Gasteiger partial charge on any atom is -0.399 e. The van der Waals surface area contributed by atoms with Gasteiger partial charge < -0.3 is 15.4 Å². The van der Waals surface area contributed by atoms with E-state index >= 15 is 0 Å². The van der Waals surface area contributed by atoms with Crippen molar-refractivity contribution in [2.45, 2.75) is 19.4 Å². The maximum Gasteiger partial charge on any atom is 0.257 e. The van der Waals surface area contributed by atoms with Crippen LogP contribution >= 0.6 is 0 Å². The van der Waals surface area contributed by atoms with E-state index in [9.17, 15) is 4.79 Å². The molecule has 3 rings (SSSR count). The maximum absolute atomic E-state index is 12.6. The van der Waals surface area contributed by atoms with E-state index in [4.69, 9.17) is 10.5 Å². The van der Waals surface area contributed by atoms with Crippen LogP contribution in [0.5, 0.6) is 0 Å². The highest BCUT2D eigenvalue weighted by Gasteiger charge is 2.28. The van der Waals surface area contributed by atoms with Gasteiger partial charge in [0.25, 0.3) is 5.91 Å². The number of amides is 1. The molecule has 1 fully saturated rings. The molecule has 0 aliphatic carbocycles. The third-order valence-corrected chi connectivity index (χ3v) is 3.61. The van der Waals surface area contributed by atoms with E-state index in [1.807, 2.05) is 11.8 Å². The fourth-order valence-corrected chi connectivity index (χ4v) is 2.62. The monoisotopic (exact) mass is 274 g/mol. The SMILES string of the molecule is CCO[C@H]1CCN(C(=O)c2cnn3ccc(N)cc23)C1. The van der Waals surface area contributed by atoms with Crippen molar-refractivity contribution in [3.8, 4) is 0 Å². The Balaban J connectivity index is 1.84. The number of anilines is 1. The Hall–Kier alpha value is -2.08. The summed E-state index contributed by atoms with van der Waals surface area (Å²) in [5.41, 5.74) is 7.74. The van der Waals surface area contributed by atoms with Gasteiger partial charge in [0.2, 0.25) is 0 Å². The summed E-state index contributed by atoms with van der Waals surface area (Å²) in [5, 5.41) is 4.19. The van der Waals surface area contributed by atoms with Gasteiger partial charge in [0.1, 0.15) is 0 Å². The number of nitrogens with zero attached hydrogens (tertiary/aromatic N) is 3. The van der Waals surface area contributed by atoms with Gasteiger partial charge in [0.05, 0.1) is 23.4 Å². The van der Waals surface area contributed by atoms with E-state index in [0.29, 0.717) is 24.4 Å². The Kier molecular flexibility index (Phi) is 3.31. The van der Waals surface area contributed by atoms with Crippen molar-refractivity contribution in [2.75, 3.05) is 25.4 Å². The van der Waals surface area contributed by atoms with Crippen LogP contribution in [0.25, 0.3) is 5.52 Å². The molecule has 0 bridgehead atoms. The molecule has 0 saturated carbocycles. The van der Waals surface area contributed by atoms with Crippen molar-refractivity contribution in [1.29, 1.82) is 0 Å². The second-order valence-corrected chi connectivity index (χ2v) is 4.97. The Morgan fingerprint density at radius 3 is 3.25 bits per heavy atom. The number of carbonyl (C=O) groups is 1. The highest BCUT2D eigenvalue weighted by Crippen LogP contribution is 2.20. The van der Waals surface area contributed by atoms with Crippen LogP contribution in [0.15, 0.2) is 24.5 Å². The zero-order valence-electron chi connectivity index (χ0n) is 11.5. The summed E-state index contributed by atoms with van der Waals surface area (Å²) in [6.07, 6.45) is 4.40. The topological polar surface area (TPSA) is 72.9 Å². The number of likely N-dealkylation sites (tertiary alicyclic amines) is 1. The normalized spacial score (nSPS) is 18.9. The lowest BCUT2D eigenvalue weighted by atomic mass is 10.2. The highest BCUT2D eigenvalue weighted by atomic mass is 16.5. The number of hydrogen-bond donors (Lipinski definition) is 1. The predicted molar refractivity (Wildman–Crippen MR) is 75.5 cm³/mol. The van der Waals surface area contributed by atoms with Crippen molar-refractivity contribution in [1.82, 2.24) is 14.5 Å². The number of nitrogens with two attached hydrogens (primary N) is 1. The first-order valence-corrected chi connectivity index (χ1v) is 6.82. The minimum absolute atomic E-state index is 0.00666. The number of rotatable bonds is 3. The zero-order chi connectivity index (χ0) is 14.1. The van der Waals surface area contributed by atoms with Gasteiger partial charge in [-0.3, -0.25) is 4.79 Å². The molecule has 2 aromatic rings. The van der Waals surface area contributed by atoms with Gasteiger partial charge >= 0.3 is 0 Å². The van der Waals surface area contributed by atoms with E-state index in [1.54, 1.807) is 29.0 Å². The fourth-order valence-electron chi connectivity index (χ4n) is 2.62. The molecule has 0 unspecified atom stereocenters. The molecule has 106 valence electrons. The lowest BCUT2D eigenvalue weighted by molar-refractivity contribution is 0.0599. The molecular weight excluding hydrogens is 256 g/mol. The van der Waals surface area contributed by atoms with Gasteiger partial charge in [0, 0.05) is 31.6 Å². The van der Waals surface area contributed by atoms with Crippen molar-refractivity contribution in [3.05, 3.63) is 30.1 Å². The average molecular weight is 274 g/mol. The fraction of sp³-hybridized carbons (Fsp3) is 0.429. The predicted octanol–water partition coefficient (Wildman–Crippen LogP) is 1.17. The van der Waals surface area contributed by atoms with Gasteiger partial charge in [-0.15, -0.1) is 0 Å². The molecule has 1 aliphatic heterocycles. The van der Waals surface area contributed by atoms with Crippen molar-refractivity contribution in [2.24, 2.45) is 0 Å². The third kappa shape index (κ3) is 2.22. The van der Waals surface area contributed by atoms with Crippen LogP contribution in [0.1, 0.15) is 23.7 Å². The van der Waals surface area contributed by atoms with Gasteiger partial charge in [0.15, 0.2) is 0 Å². The number of pyridine rings is 1. The summed E-state index contributed by atoms with van der Waals surface area (Å²) in [5.74, 6) is -0.00666. The summed E-state index contributed by atoms with van der Waals surface area (Å²) in [6, 6.07) is 3.53. The van der Waals surface area contributed by atoms with Crippen LogP contribution in [-0.2, 0) is 4.74 Å². The molecule has 0 radical (unpaired) electrons. The van der Waals surface area contributed by atoms with Gasteiger partial charge in [-0.05, 0) is 25.5 Å². The highest BCUT2D eigenvalue weighted by molar-refractivity contribution is 6.01. The van der Waals surface area contributed by atoms with E-state index in [1.165, 1.54) is 0 Å². The van der Waals surface area contributed by atoms with E-state index < -0.39 is 0 Å². The molecule has 0 spiro atoms. The quantitative estimate of drug-likeness (QED) is 0.911. The molecular formula is C14H18N4O2. The molecule has 1 aliphatic rings. The molecule has 2 N–H and O–H groups in total. The van der Waals surface area contributed by atoms with Crippen LogP contribution in [0, 0.1) is 0 Å². The average Bonchev–Trinajstić information content (AvgIpc) is 3.05. The maximum atomic E-state index is 12.6. The lowest BCUT2D eigenvalue weighted by Crippen LogP contribution is -2.30. The smallest absolute Gasteiger partial charge is 0.257 e. The summed E-state index contributed by atoms with van der Waals surface area (Å²) >= 11 is 0. The van der Waals surface area contributed by atoms with Crippen LogP contribution in [0.4, 0.5) is 5.69 Å². The second-order valence-electron chi connectivity index (χ2n) is 4.97. The van der Waals surface area contributed by atoms with Crippen molar-refractivity contribution in [3.63, 3.8) is 0 Å². The second kappa shape index (κ2) is 5.13. The first kappa shape index (κ1) is 12.9. The Bertz CT molecular complexity index is 637. The van der Waals surface area contributed by atoms with Crippen LogP contribution in [0.3, 0.4) is 0 Å². The first-order chi connectivity index (χ1) is 9.69. The number of hydrogen-bond acceptors (Lipinski definition) is 4. The van der Waals surface area contributed by atoms with E-state index in [2.05, 4.69) is 5.10 Å². The molecule has 0 aromatic carbocycles. The molecule has 2 aromatic heterocycles. The van der Waals surface area contributed by atoms with Crippen molar-refractivity contribution < 1.29 is 9.53 Å². The van der Waals surface area contributed by atoms with Gasteiger partial charge in [-0.2, -0.15) is 5.10 Å². The van der Waals surface area contributed by atoms with Gasteiger partial charge in [-0.1, -0.05) is 0 Å². The van der Waals surface area contributed by atoms with Crippen LogP contribution in [-0.4, -0.2) is 46.2 Å². The van der Waals surface area contributed by atoms with E-state index in [0.717, 1.165) is 18.5 Å². The summed E-state index contributed by atoms with van der Waals surface area (Å²) < 4.78 is 7.24. The van der Waals surface area contributed by atoms with E-state index in [-0.39, 0.29) is 12.0 Å². The third-order valence-electron chi connectivity index (χ3n) is 3.61. The lowest BCUT2D eigenvalue weighted by Gasteiger charge is -2.15. The molecule has 1 saturated heterocycles. The molecule has 1 atom stereocenters. The molecule has 3 heterocycles. The minimum atomic E-state index is -0.00666. The number of nitrogen functional groups attached to an aromatic ring is 1. The molecule has 6 heteroatoms. The summed E-state index contributed by atoms with van der Waals surface area (Å²) in [7, 11) is 0. The number of aromatic nitrogens is 2. The summed E-state index contributed by atoms with van der Waals surface area (Å²) in [6.45, 7) is 4.02. The van der Waals surface area contributed by atoms with Crippen LogP contribution < -0.4 is 5.73 Å². The first-order valence-electron chi connectivity index (χ1n) is 6.82. The standard InChI is InChI=1S/C14H18N4O2/c1-2-20-11-4-5-17(9-11)14(19)12-8-16-18-6-3-10(15)7-13(12)18/h3,6-8,11H,2,4-5,9,15H2,1H3/t11-/m0/s1. The Morgan fingerprint density at radius 2 is 2.45 bits per heavy atom. The zero-order valence-corrected chi connectivity index (χ0v) is 11.5. The van der Waals surface area contributed by atoms with Gasteiger partial charge in [-0.25, -0.2) is 4.52 Å². The number of carbonyl (C=O) groups excluding carboxylic acids is 1. The number of fused-ring (bicyclic) bond motifs is 1. The largest absolute Gasteiger partial charge is 0.399 e. The summed E-state index contributed by atoms with van der Waals surface area (Å²) in [4.78, 5) is 14.4. The molecule has 20 heavy (non-hydrogen) atoms.